The molecule has 0 saturated carbocycles. The van der Waals surface area contributed by atoms with Crippen LogP contribution in [0.25, 0.3) is 0 Å². The highest BCUT2D eigenvalue weighted by Gasteiger charge is 2.16. The van der Waals surface area contributed by atoms with E-state index in [1.165, 1.54) is 0 Å². The summed E-state index contributed by atoms with van der Waals surface area (Å²) in [6, 6.07) is 9.17. The maximum absolute atomic E-state index is 11.6. The van der Waals surface area contributed by atoms with Crippen molar-refractivity contribution in [1.82, 2.24) is 0 Å². The summed E-state index contributed by atoms with van der Waals surface area (Å²) in [6.07, 6.45) is 1.53. The number of benzene rings is 1. The van der Waals surface area contributed by atoms with Gasteiger partial charge in [-0.25, -0.2) is 0 Å². The Morgan fingerprint density at radius 1 is 1.35 bits per heavy atom. The molecule has 0 saturated heterocycles. The predicted octanol–water partition coefficient (Wildman–Crippen LogP) is 2.15. The average Bonchev–Trinajstić information content (AvgIpc) is 2.36. The van der Waals surface area contributed by atoms with Gasteiger partial charge in [-0.3, -0.25) is 4.79 Å². The third kappa shape index (κ3) is 5.00. The highest BCUT2D eigenvalue weighted by molar-refractivity contribution is 5.75. The molecular formula is C14H21NO2. The zero-order valence-corrected chi connectivity index (χ0v) is 10.6. The lowest BCUT2D eigenvalue weighted by Gasteiger charge is -2.14. The molecule has 0 radical (unpaired) electrons. The maximum Gasteiger partial charge on any atom is 0.323 e. The third-order valence-electron chi connectivity index (χ3n) is 2.81. The molecule has 0 aliphatic carbocycles. The molecule has 0 fully saturated rings. The van der Waals surface area contributed by atoms with Gasteiger partial charge in [0.15, 0.2) is 0 Å². The number of ether oxygens (including phenoxy) is 1. The van der Waals surface area contributed by atoms with Crippen LogP contribution in [0.5, 0.6) is 0 Å². The molecule has 0 aromatic heterocycles. The number of carbonyl (C=O) groups is 1. The molecule has 1 unspecified atom stereocenters. The van der Waals surface area contributed by atoms with Crippen LogP contribution in [0.15, 0.2) is 30.3 Å². The molecule has 94 valence electrons. The van der Waals surface area contributed by atoms with Crippen molar-refractivity contribution in [3.63, 3.8) is 0 Å². The van der Waals surface area contributed by atoms with Gasteiger partial charge in [0.25, 0.3) is 0 Å². The van der Waals surface area contributed by atoms with Crippen molar-refractivity contribution >= 4 is 5.97 Å². The number of hydrogen-bond acceptors (Lipinski definition) is 3. The Balaban J connectivity index is 2.37. The average molecular weight is 235 g/mol. The molecule has 3 heteroatoms. The summed E-state index contributed by atoms with van der Waals surface area (Å²) in [5.74, 6) is 0.0806. The van der Waals surface area contributed by atoms with Crippen LogP contribution in [0.1, 0.15) is 25.8 Å². The molecule has 0 aliphatic rings. The fraction of sp³-hybridized carbons (Fsp3) is 0.500. The fourth-order valence-electron chi connectivity index (χ4n) is 1.40. The van der Waals surface area contributed by atoms with Crippen molar-refractivity contribution in [1.29, 1.82) is 0 Å². The SMILES string of the molecule is CCC(C)COC(=O)[C@@H](N)Cc1ccccc1. The molecule has 1 aromatic rings. The van der Waals surface area contributed by atoms with Crippen LogP contribution < -0.4 is 5.73 Å². The first-order chi connectivity index (χ1) is 8.13. The first-order valence-corrected chi connectivity index (χ1v) is 6.09. The lowest BCUT2D eigenvalue weighted by molar-refractivity contribution is -0.146. The Labute approximate surface area is 103 Å². The van der Waals surface area contributed by atoms with Gasteiger partial charge in [-0.2, -0.15) is 0 Å². The maximum atomic E-state index is 11.6. The van der Waals surface area contributed by atoms with Gasteiger partial charge in [0, 0.05) is 0 Å². The Morgan fingerprint density at radius 2 is 2.00 bits per heavy atom. The van der Waals surface area contributed by atoms with Crippen LogP contribution in [0.2, 0.25) is 0 Å². The molecule has 2 atom stereocenters. The molecule has 2 N–H and O–H groups in total. The van der Waals surface area contributed by atoms with E-state index < -0.39 is 6.04 Å². The summed E-state index contributed by atoms with van der Waals surface area (Å²) < 4.78 is 5.16. The molecule has 1 aromatic carbocycles. The Bertz CT molecular complexity index is 337. The van der Waals surface area contributed by atoms with E-state index in [1.807, 2.05) is 30.3 Å². The second-order valence-electron chi connectivity index (χ2n) is 4.44. The topological polar surface area (TPSA) is 52.3 Å². The summed E-state index contributed by atoms with van der Waals surface area (Å²) in [6.45, 7) is 4.58. The zero-order valence-electron chi connectivity index (χ0n) is 10.6. The second kappa shape index (κ2) is 7.07. The standard InChI is InChI=1S/C14H21NO2/c1-3-11(2)10-17-14(16)13(15)9-12-7-5-4-6-8-12/h4-8,11,13H,3,9-10,15H2,1-2H3/t11?,13-/m0/s1. The highest BCUT2D eigenvalue weighted by atomic mass is 16.5. The van der Waals surface area contributed by atoms with Crippen LogP contribution in [0.4, 0.5) is 0 Å². The molecule has 0 amide bonds. The number of rotatable bonds is 6. The van der Waals surface area contributed by atoms with E-state index in [4.69, 9.17) is 10.5 Å². The fourth-order valence-corrected chi connectivity index (χ4v) is 1.40. The highest BCUT2D eigenvalue weighted by Crippen LogP contribution is 2.05. The predicted molar refractivity (Wildman–Crippen MR) is 68.5 cm³/mol. The van der Waals surface area contributed by atoms with Crippen LogP contribution in [0.3, 0.4) is 0 Å². The van der Waals surface area contributed by atoms with Gasteiger partial charge in [0.05, 0.1) is 6.61 Å². The van der Waals surface area contributed by atoms with Gasteiger partial charge in [0.2, 0.25) is 0 Å². The van der Waals surface area contributed by atoms with Crippen molar-refractivity contribution in [3.05, 3.63) is 35.9 Å². The minimum atomic E-state index is -0.568. The summed E-state index contributed by atoms with van der Waals surface area (Å²) in [5.41, 5.74) is 6.86. The van der Waals surface area contributed by atoms with Gasteiger partial charge < -0.3 is 10.5 Å². The molecule has 17 heavy (non-hydrogen) atoms. The van der Waals surface area contributed by atoms with Crippen molar-refractivity contribution in [2.45, 2.75) is 32.7 Å². The quantitative estimate of drug-likeness (QED) is 0.769. The lowest BCUT2D eigenvalue weighted by atomic mass is 10.1. The van der Waals surface area contributed by atoms with Crippen LogP contribution in [-0.2, 0) is 16.0 Å². The van der Waals surface area contributed by atoms with Gasteiger partial charge >= 0.3 is 5.97 Å². The Hall–Kier alpha value is -1.35. The Kier molecular flexibility index (Phi) is 5.70. The molecule has 0 bridgehead atoms. The molecule has 0 spiro atoms. The lowest BCUT2D eigenvalue weighted by Crippen LogP contribution is -2.35. The van der Waals surface area contributed by atoms with E-state index in [2.05, 4.69) is 13.8 Å². The van der Waals surface area contributed by atoms with Crippen LogP contribution in [0, 0.1) is 5.92 Å². The number of esters is 1. The van der Waals surface area contributed by atoms with Crippen LogP contribution >= 0.6 is 0 Å². The summed E-state index contributed by atoms with van der Waals surface area (Å²) >= 11 is 0. The minimum Gasteiger partial charge on any atom is -0.464 e. The Morgan fingerprint density at radius 3 is 2.59 bits per heavy atom. The summed E-state index contributed by atoms with van der Waals surface area (Å²) in [7, 11) is 0. The van der Waals surface area contributed by atoms with E-state index in [1.54, 1.807) is 0 Å². The molecule has 3 nitrogen and oxygen atoms in total. The number of hydrogen-bond donors (Lipinski definition) is 1. The van der Waals surface area contributed by atoms with Crippen molar-refractivity contribution in [3.8, 4) is 0 Å². The summed E-state index contributed by atoms with van der Waals surface area (Å²) in [5, 5.41) is 0. The third-order valence-corrected chi connectivity index (χ3v) is 2.81. The second-order valence-corrected chi connectivity index (χ2v) is 4.44. The van der Waals surface area contributed by atoms with Crippen LogP contribution in [-0.4, -0.2) is 18.6 Å². The van der Waals surface area contributed by atoms with E-state index in [0.29, 0.717) is 18.9 Å². The smallest absolute Gasteiger partial charge is 0.323 e. The normalized spacial score (nSPS) is 14.1. The summed E-state index contributed by atoms with van der Waals surface area (Å²) in [4.78, 5) is 11.6. The molecule has 1 rings (SSSR count). The monoisotopic (exact) mass is 235 g/mol. The van der Waals surface area contributed by atoms with Crippen molar-refractivity contribution in [2.24, 2.45) is 11.7 Å². The first kappa shape index (κ1) is 13.7. The van der Waals surface area contributed by atoms with Crippen molar-refractivity contribution < 1.29 is 9.53 Å². The zero-order chi connectivity index (χ0) is 12.7. The van der Waals surface area contributed by atoms with E-state index >= 15 is 0 Å². The number of nitrogens with two attached hydrogens (primary N) is 1. The van der Waals surface area contributed by atoms with Gasteiger partial charge in [-0.05, 0) is 17.9 Å². The van der Waals surface area contributed by atoms with Gasteiger partial charge in [-0.1, -0.05) is 50.6 Å². The van der Waals surface area contributed by atoms with Gasteiger partial charge in [0.1, 0.15) is 6.04 Å². The van der Waals surface area contributed by atoms with E-state index in [-0.39, 0.29) is 5.97 Å². The van der Waals surface area contributed by atoms with Gasteiger partial charge in [-0.15, -0.1) is 0 Å². The van der Waals surface area contributed by atoms with E-state index in [0.717, 1.165) is 12.0 Å². The van der Waals surface area contributed by atoms with E-state index in [9.17, 15) is 4.79 Å². The molecule has 0 heterocycles. The minimum absolute atomic E-state index is 0.311. The largest absolute Gasteiger partial charge is 0.464 e. The van der Waals surface area contributed by atoms with Crippen molar-refractivity contribution in [2.75, 3.05) is 6.61 Å². The number of carbonyl (C=O) groups excluding carboxylic acids is 1. The molecule has 0 aliphatic heterocycles. The first-order valence-electron chi connectivity index (χ1n) is 6.09. The molecular weight excluding hydrogens is 214 g/mol.